The molecule has 134 valence electrons. The zero-order valence-corrected chi connectivity index (χ0v) is 14.9. The Kier molecular flexibility index (Phi) is 4.62. The highest BCUT2D eigenvalue weighted by atomic mass is 16.5. The molecule has 2 aliphatic rings. The molecule has 4 heteroatoms. The van der Waals surface area contributed by atoms with Crippen LogP contribution in [0.3, 0.4) is 0 Å². The number of carbonyl (C=O) groups excluding carboxylic acids is 1. The fourth-order valence-corrected chi connectivity index (χ4v) is 3.83. The predicted octanol–water partition coefficient (Wildman–Crippen LogP) is 3.71. The molecule has 3 atom stereocenters. The molecule has 4 nitrogen and oxygen atoms in total. The highest BCUT2D eigenvalue weighted by molar-refractivity contribution is 5.90. The fraction of sp³-hybridized carbons (Fsp3) is 0.318. The summed E-state index contributed by atoms with van der Waals surface area (Å²) in [5.41, 5.74) is 1.56. The second-order valence-electron chi connectivity index (χ2n) is 6.97. The molecule has 0 aromatic heterocycles. The van der Waals surface area contributed by atoms with E-state index in [9.17, 15) is 4.79 Å². The molecule has 0 N–H and O–H groups in total. The van der Waals surface area contributed by atoms with E-state index < -0.39 is 5.72 Å². The van der Waals surface area contributed by atoms with E-state index in [-0.39, 0.29) is 17.9 Å². The van der Waals surface area contributed by atoms with Gasteiger partial charge in [0.05, 0.1) is 25.9 Å². The van der Waals surface area contributed by atoms with Gasteiger partial charge in [0.15, 0.2) is 0 Å². The standard InChI is InChI=1S/C22H23NO3/c1-22-19(15-25-14-17-8-4-2-5-9-17)12-13-21(24)23(22)20(16-26-22)18-10-6-3-7-11-18/h2-13,19-20H,14-16H2,1H3/t19-,20+,22+/m1/s1. The van der Waals surface area contributed by atoms with E-state index in [4.69, 9.17) is 9.47 Å². The molecule has 0 spiro atoms. The molecule has 0 unspecified atom stereocenters. The Morgan fingerprint density at radius 2 is 1.81 bits per heavy atom. The van der Waals surface area contributed by atoms with Gasteiger partial charge in [-0.2, -0.15) is 0 Å². The van der Waals surface area contributed by atoms with Gasteiger partial charge in [-0.05, 0) is 24.1 Å². The van der Waals surface area contributed by atoms with Crippen LogP contribution in [0.4, 0.5) is 0 Å². The lowest BCUT2D eigenvalue weighted by Crippen LogP contribution is -2.54. The van der Waals surface area contributed by atoms with Crippen LogP contribution in [0, 0.1) is 5.92 Å². The van der Waals surface area contributed by atoms with Gasteiger partial charge in [0.1, 0.15) is 5.72 Å². The summed E-state index contributed by atoms with van der Waals surface area (Å²) in [6, 6.07) is 20.1. The van der Waals surface area contributed by atoms with Crippen molar-refractivity contribution in [2.45, 2.75) is 25.3 Å². The van der Waals surface area contributed by atoms with Gasteiger partial charge in [0.25, 0.3) is 0 Å². The maximum atomic E-state index is 12.6. The molecular weight excluding hydrogens is 326 g/mol. The van der Waals surface area contributed by atoms with Crippen LogP contribution in [-0.2, 0) is 20.9 Å². The molecule has 0 bridgehead atoms. The Hall–Kier alpha value is -2.43. The summed E-state index contributed by atoms with van der Waals surface area (Å²) < 4.78 is 12.1. The Bertz CT molecular complexity index is 790. The van der Waals surface area contributed by atoms with Crippen molar-refractivity contribution in [3.8, 4) is 0 Å². The largest absolute Gasteiger partial charge is 0.376 e. The summed E-state index contributed by atoms with van der Waals surface area (Å²) in [6.45, 7) is 3.56. The molecule has 0 radical (unpaired) electrons. The number of fused-ring (bicyclic) bond motifs is 1. The summed E-state index contributed by atoms with van der Waals surface area (Å²) in [4.78, 5) is 14.5. The predicted molar refractivity (Wildman–Crippen MR) is 99.1 cm³/mol. The second kappa shape index (κ2) is 7.06. The van der Waals surface area contributed by atoms with Crippen molar-refractivity contribution in [1.29, 1.82) is 0 Å². The van der Waals surface area contributed by atoms with Gasteiger partial charge in [-0.25, -0.2) is 0 Å². The number of nitrogens with zero attached hydrogens (tertiary/aromatic N) is 1. The summed E-state index contributed by atoms with van der Waals surface area (Å²) in [5.74, 6) is -0.00390. The summed E-state index contributed by atoms with van der Waals surface area (Å²) in [6.07, 6.45) is 3.58. The number of rotatable bonds is 5. The average molecular weight is 349 g/mol. The first-order valence-corrected chi connectivity index (χ1v) is 9.00. The monoisotopic (exact) mass is 349 g/mol. The van der Waals surface area contributed by atoms with Crippen molar-refractivity contribution in [2.24, 2.45) is 5.92 Å². The highest BCUT2D eigenvalue weighted by Crippen LogP contribution is 2.44. The molecule has 0 aliphatic carbocycles. The number of hydrogen-bond acceptors (Lipinski definition) is 3. The lowest BCUT2D eigenvalue weighted by Gasteiger charge is -2.43. The molecule has 2 aromatic rings. The molecule has 4 rings (SSSR count). The third-order valence-corrected chi connectivity index (χ3v) is 5.31. The summed E-state index contributed by atoms with van der Waals surface area (Å²) in [5, 5.41) is 0. The quantitative estimate of drug-likeness (QED) is 0.826. The van der Waals surface area contributed by atoms with Gasteiger partial charge in [0.2, 0.25) is 5.91 Å². The molecular formula is C22H23NO3. The maximum Gasteiger partial charge on any atom is 0.249 e. The van der Waals surface area contributed by atoms with E-state index in [0.29, 0.717) is 19.8 Å². The Morgan fingerprint density at radius 1 is 1.12 bits per heavy atom. The van der Waals surface area contributed by atoms with Crippen molar-refractivity contribution < 1.29 is 14.3 Å². The first-order valence-electron chi connectivity index (χ1n) is 9.00. The van der Waals surface area contributed by atoms with Crippen LogP contribution in [0.1, 0.15) is 24.1 Å². The highest BCUT2D eigenvalue weighted by Gasteiger charge is 2.52. The van der Waals surface area contributed by atoms with Crippen molar-refractivity contribution in [2.75, 3.05) is 13.2 Å². The topological polar surface area (TPSA) is 38.8 Å². The first kappa shape index (κ1) is 17.0. The van der Waals surface area contributed by atoms with E-state index in [1.165, 1.54) is 0 Å². The van der Waals surface area contributed by atoms with Gasteiger partial charge in [-0.1, -0.05) is 66.7 Å². The third kappa shape index (κ3) is 3.06. The van der Waals surface area contributed by atoms with E-state index in [2.05, 4.69) is 0 Å². The van der Waals surface area contributed by atoms with E-state index in [1.807, 2.05) is 78.6 Å². The zero-order valence-electron chi connectivity index (χ0n) is 14.9. The van der Waals surface area contributed by atoms with Gasteiger partial charge in [0, 0.05) is 5.92 Å². The minimum absolute atomic E-state index is 0.00170. The normalized spacial score (nSPS) is 27.6. The van der Waals surface area contributed by atoms with Gasteiger partial charge >= 0.3 is 0 Å². The minimum atomic E-state index is -0.678. The van der Waals surface area contributed by atoms with Crippen LogP contribution < -0.4 is 0 Å². The van der Waals surface area contributed by atoms with Crippen molar-refractivity contribution >= 4 is 5.91 Å². The fourth-order valence-electron chi connectivity index (χ4n) is 3.83. The molecule has 1 fully saturated rings. The third-order valence-electron chi connectivity index (χ3n) is 5.31. The number of carbonyl (C=O) groups is 1. The summed E-state index contributed by atoms with van der Waals surface area (Å²) >= 11 is 0. The summed E-state index contributed by atoms with van der Waals surface area (Å²) in [7, 11) is 0. The molecule has 2 heterocycles. The van der Waals surface area contributed by atoms with E-state index in [0.717, 1.165) is 11.1 Å². The Morgan fingerprint density at radius 3 is 2.54 bits per heavy atom. The molecule has 26 heavy (non-hydrogen) atoms. The van der Waals surface area contributed by atoms with Gasteiger partial charge in [-0.15, -0.1) is 0 Å². The van der Waals surface area contributed by atoms with Gasteiger partial charge in [-0.3, -0.25) is 4.79 Å². The Balaban J connectivity index is 1.49. The smallest absolute Gasteiger partial charge is 0.249 e. The number of hydrogen-bond donors (Lipinski definition) is 0. The molecule has 1 saturated heterocycles. The molecule has 2 aliphatic heterocycles. The maximum absolute atomic E-state index is 12.6. The number of benzene rings is 2. The average Bonchev–Trinajstić information content (AvgIpc) is 3.05. The Labute approximate surface area is 154 Å². The van der Waals surface area contributed by atoms with Crippen LogP contribution in [0.25, 0.3) is 0 Å². The van der Waals surface area contributed by atoms with E-state index >= 15 is 0 Å². The van der Waals surface area contributed by atoms with Crippen molar-refractivity contribution in [3.05, 3.63) is 83.9 Å². The number of ether oxygens (including phenoxy) is 2. The van der Waals surface area contributed by atoms with Crippen LogP contribution >= 0.6 is 0 Å². The molecule has 0 saturated carbocycles. The molecule has 2 aromatic carbocycles. The van der Waals surface area contributed by atoms with Gasteiger partial charge < -0.3 is 14.4 Å². The van der Waals surface area contributed by atoms with Crippen LogP contribution in [0.5, 0.6) is 0 Å². The van der Waals surface area contributed by atoms with E-state index in [1.54, 1.807) is 6.08 Å². The van der Waals surface area contributed by atoms with Crippen molar-refractivity contribution in [3.63, 3.8) is 0 Å². The van der Waals surface area contributed by atoms with Crippen LogP contribution in [0.2, 0.25) is 0 Å². The lowest BCUT2D eigenvalue weighted by molar-refractivity contribution is -0.158. The van der Waals surface area contributed by atoms with Crippen LogP contribution in [-0.4, -0.2) is 29.7 Å². The minimum Gasteiger partial charge on any atom is -0.376 e. The lowest BCUT2D eigenvalue weighted by atomic mass is 9.91. The number of amides is 1. The zero-order chi connectivity index (χ0) is 18.0. The molecule has 1 amide bonds. The van der Waals surface area contributed by atoms with Crippen LogP contribution in [0.15, 0.2) is 72.8 Å². The first-order chi connectivity index (χ1) is 12.7. The second-order valence-corrected chi connectivity index (χ2v) is 6.97. The SMILES string of the molecule is C[C@@]12OC[C@@H](c3ccccc3)N1C(=O)C=C[C@@H]2COCc1ccccc1. The van der Waals surface area contributed by atoms with Crippen molar-refractivity contribution in [1.82, 2.24) is 4.90 Å².